The SMILES string of the molecule is COc1ccc(C(=O)N2CCN(c3c(C)n(-c4ccccc4)c(=O)n(C)c3=O)CC2)cc1. The lowest BCUT2D eigenvalue weighted by molar-refractivity contribution is 0.0746. The van der Waals surface area contributed by atoms with E-state index in [0.29, 0.717) is 54.6 Å². The molecule has 2 aromatic carbocycles. The van der Waals surface area contributed by atoms with Gasteiger partial charge in [-0.3, -0.25) is 18.7 Å². The number of anilines is 1. The largest absolute Gasteiger partial charge is 0.497 e. The summed E-state index contributed by atoms with van der Waals surface area (Å²) in [5, 5.41) is 0. The highest BCUT2D eigenvalue weighted by Gasteiger charge is 2.27. The number of nitrogens with zero attached hydrogens (tertiary/aromatic N) is 4. The molecule has 0 saturated carbocycles. The third-order valence-corrected chi connectivity index (χ3v) is 5.90. The third-order valence-electron chi connectivity index (χ3n) is 5.90. The molecular formula is C24H26N4O4. The van der Waals surface area contributed by atoms with Crippen molar-refractivity contribution in [3.8, 4) is 11.4 Å². The van der Waals surface area contributed by atoms with Crippen LogP contribution in [0.1, 0.15) is 16.1 Å². The summed E-state index contributed by atoms with van der Waals surface area (Å²) in [4.78, 5) is 42.5. The second-order valence-electron chi connectivity index (χ2n) is 7.76. The Kier molecular flexibility index (Phi) is 5.85. The Morgan fingerprint density at radius 1 is 0.906 bits per heavy atom. The van der Waals surface area contributed by atoms with Crippen LogP contribution < -0.4 is 20.9 Å². The molecule has 1 aliphatic heterocycles. The van der Waals surface area contributed by atoms with Crippen LogP contribution in [-0.4, -0.2) is 53.2 Å². The molecule has 1 amide bonds. The van der Waals surface area contributed by atoms with E-state index in [1.165, 1.54) is 7.05 Å². The average Bonchev–Trinajstić information content (AvgIpc) is 2.83. The van der Waals surface area contributed by atoms with Crippen molar-refractivity contribution in [1.29, 1.82) is 0 Å². The van der Waals surface area contributed by atoms with Gasteiger partial charge in [-0.1, -0.05) is 18.2 Å². The number of aromatic nitrogens is 2. The quantitative estimate of drug-likeness (QED) is 0.626. The lowest BCUT2D eigenvalue weighted by Gasteiger charge is -2.36. The molecule has 0 N–H and O–H groups in total. The van der Waals surface area contributed by atoms with Gasteiger partial charge < -0.3 is 14.5 Å². The van der Waals surface area contributed by atoms with Crippen LogP contribution >= 0.6 is 0 Å². The Bertz CT molecular complexity index is 1240. The zero-order chi connectivity index (χ0) is 22.8. The predicted molar refractivity (Wildman–Crippen MR) is 123 cm³/mol. The van der Waals surface area contributed by atoms with Crippen molar-refractivity contribution in [2.45, 2.75) is 6.92 Å². The molecule has 1 fully saturated rings. The molecule has 2 heterocycles. The molecule has 1 saturated heterocycles. The summed E-state index contributed by atoms with van der Waals surface area (Å²) in [5.41, 5.74) is 1.70. The van der Waals surface area contributed by atoms with Gasteiger partial charge >= 0.3 is 5.69 Å². The smallest absolute Gasteiger partial charge is 0.335 e. The minimum absolute atomic E-state index is 0.0498. The molecule has 1 aromatic heterocycles. The molecule has 166 valence electrons. The van der Waals surface area contributed by atoms with Crippen molar-refractivity contribution in [2.75, 3.05) is 38.2 Å². The normalized spacial score (nSPS) is 13.8. The maximum atomic E-state index is 13.0. The maximum Gasteiger partial charge on any atom is 0.335 e. The number of piperazine rings is 1. The van der Waals surface area contributed by atoms with Crippen molar-refractivity contribution in [2.24, 2.45) is 7.05 Å². The van der Waals surface area contributed by atoms with E-state index in [9.17, 15) is 14.4 Å². The van der Waals surface area contributed by atoms with Gasteiger partial charge in [-0.05, 0) is 43.3 Å². The van der Waals surface area contributed by atoms with E-state index < -0.39 is 0 Å². The first kappa shape index (κ1) is 21.4. The Hall–Kier alpha value is -3.81. The number of carbonyl (C=O) groups excluding carboxylic acids is 1. The number of hydrogen-bond acceptors (Lipinski definition) is 5. The van der Waals surface area contributed by atoms with Gasteiger partial charge in [0.05, 0.1) is 18.5 Å². The molecule has 0 spiro atoms. The fraction of sp³-hybridized carbons (Fsp3) is 0.292. The fourth-order valence-corrected chi connectivity index (χ4v) is 4.09. The summed E-state index contributed by atoms with van der Waals surface area (Å²) in [6, 6.07) is 16.3. The minimum atomic E-state index is -0.379. The molecule has 1 aliphatic rings. The highest BCUT2D eigenvalue weighted by Crippen LogP contribution is 2.20. The van der Waals surface area contributed by atoms with Gasteiger partial charge in [-0.15, -0.1) is 0 Å². The maximum absolute atomic E-state index is 13.0. The van der Waals surface area contributed by atoms with Crippen LogP contribution in [0.5, 0.6) is 5.75 Å². The molecule has 0 unspecified atom stereocenters. The molecule has 8 nitrogen and oxygen atoms in total. The standard InChI is InChI=1S/C24H26N4O4/c1-17-21(23(30)25(2)24(31)28(17)19-7-5-4-6-8-19)26-13-15-27(16-14-26)22(29)18-9-11-20(32-3)12-10-18/h4-12H,13-16H2,1-3H3. The van der Waals surface area contributed by atoms with E-state index in [1.54, 1.807) is 47.8 Å². The molecule has 0 bridgehead atoms. The number of carbonyl (C=O) groups is 1. The van der Waals surface area contributed by atoms with E-state index in [-0.39, 0.29) is 17.2 Å². The van der Waals surface area contributed by atoms with Crippen LogP contribution in [0.3, 0.4) is 0 Å². The minimum Gasteiger partial charge on any atom is -0.497 e. The van der Waals surface area contributed by atoms with Crippen molar-refractivity contribution in [3.05, 3.63) is 86.7 Å². The summed E-state index contributed by atoms with van der Waals surface area (Å²) < 4.78 is 7.86. The summed E-state index contributed by atoms with van der Waals surface area (Å²) in [6.07, 6.45) is 0. The topological polar surface area (TPSA) is 76.8 Å². The monoisotopic (exact) mass is 434 g/mol. The lowest BCUT2D eigenvalue weighted by atomic mass is 10.1. The molecule has 0 atom stereocenters. The van der Waals surface area contributed by atoms with E-state index in [4.69, 9.17) is 4.74 Å². The first-order valence-corrected chi connectivity index (χ1v) is 10.5. The van der Waals surface area contributed by atoms with E-state index in [1.807, 2.05) is 35.2 Å². The zero-order valence-corrected chi connectivity index (χ0v) is 18.4. The highest BCUT2D eigenvalue weighted by atomic mass is 16.5. The van der Waals surface area contributed by atoms with E-state index in [2.05, 4.69) is 0 Å². The number of hydrogen-bond donors (Lipinski definition) is 0. The average molecular weight is 434 g/mol. The van der Waals surface area contributed by atoms with Gasteiger partial charge in [-0.25, -0.2) is 4.79 Å². The number of benzene rings is 2. The summed E-state index contributed by atoms with van der Waals surface area (Å²) in [5.74, 6) is 0.650. The second kappa shape index (κ2) is 8.74. The lowest BCUT2D eigenvalue weighted by Crippen LogP contribution is -2.52. The molecule has 8 heteroatoms. The molecule has 3 aromatic rings. The van der Waals surface area contributed by atoms with Gasteiger partial charge in [0.1, 0.15) is 11.4 Å². The van der Waals surface area contributed by atoms with Gasteiger partial charge in [-0.2, -0.15) is 0 Å². The highest BCUT2D eigenvalue weighted by molar-refractivity contribution is 5.94. The molecular weight excluding hydrogens is 408 g/mol. The molecule has 0 radical (unpaired) electrons. The van der Waals surface area contributed by atoms with Crippen LogP contribution in [0.15, 0.2) is 64.2 Å². The predicted octanol–water partition coefficient (Wildman–Crippen LogP) is 1.82. The van der Waals surface area contributed by atoms with Crippen LogP contribution in [-0.2, 0) is 7.05 Å². The van der Waals surface area contributed by atoms with Crippen molar-refractivity contribution >= 4 is 11.6 Å². The third kappa shape index (κ3) is 3.79. The van der Waals surface area contributed by atoms with E-state index in [0.717, 1.165) is 4.57 Å². The van der Waals surface area contributed by atoms with Crippen molar-refractivity contribution in [3.63, 3.8) is 0 Å². The van der Waals surface area contributed by atoms with Crippen LogP contribution in [0.25, 0.3) is 5.69 Å². The molecule has 4 rings (SSSR count). The number of amides is 1. The summed E-state index contributed by atoms with van der Waals surface area (Å²) >= 11 is 0. The number of rotatable bonds is 4. The van der Waals surface area contributed by atoms with Gasteiger partial charge in [0, 0.05) is 38.8 Å². The number of ether oxygens (including phenoxy) is 1. The van der Waals surface area contributed by atoms with Crippen LogP contribution in [0.4, 0.5) is 5.69 Å². The second-order valence-corrected chi connectivity index (χ2v) is 7.76. The summed E-state index contributed by atoms with van der Waals surface area (Å²) in [6.45, 7) is 3.77. The first-order chi connectivity index (χ1) is 15.4. The number of methoxy groups -OCH3 is 1. The number of para-hydroxylation sites is 1. The van der Waals surface area contributed by atoms with Gasteiger partial charge in [0.25, 0.3) is 11.5 Å². The van der Waals surface area contributed by atoms with E-state index >= 15 is 0 Å². The van der Waals surface area contributed by atoms with Crippen molar-refractivity contribution < 1.29 is 9.53 Å². The molecule has 32 heavy (non-hydrogen) atoms. The molecule has 0 aliphatic carbocycles. The Morgan fingerprint density at radius 2 is 1.53 bits per heavy atom. The van der Waals surface area contributed by atoms with Crippen molar-refractivity contribution in [1.82, 2.24) is 14.0 Å². The van der Waals surface area contributed by atoms with Gasteiger partial charge in [0.15, 0.2) is 0 Å². The van der Waals surface area contributed by atoms with Crippen LogP contribution in [0.2, 0.25) is 0 Å². The van der Waals surface area contributed by atoms with Gasteiger partial charge in [0.2, 0.25) is 0 Å². The Balaban J connectivity index is 1.60. The Labute approximate surface area is 185 Å². The van der Waals surface area contributed by atoms with Crippen LogP contribution in [0, 0.1) is 6.92 Å². The summed E-state index contributed by atoms with van der Waals surface area (Å²) in [7, 11) is 3.08. The first-order valence-electron chi connectivity index (χ1n) is 10.5. The fourth-order valence-electron chi connectivity index (χ4n) is 4.09. The Morgan fingerprint density at radius 3 is 2.12 bits per heavy atom. The zero-order valence-electron chi connectivity index (χ0n) is 18.4.